The molecule has 0 saturated heterocycles. The average molecular weight is 405 g/mol. The molecule has 0 amide bonds. The maximum absolute atomic E-state index is 9.87. The van der Waals surface area contributed by atoms with Crippen molar-refractivity contribution in [3.05, 3.63) is 87.7 Å². The Labute approximate surface area is 174 Å². The number of nitrogens with zero attached hydrogens (tertiary/aromatic N) is 2. The molecule has 0 fully saturated rings. The van der Waals surface area contributed by atoms with Crippen molar-refractivity contribution in [1.82, 2.24) is 0 Å². The van der Waals surface area contributed by atoms with E-state index >= 15 is 0 Å². The summed E-state index contributed by atoms with van der Waals surface area (Å²) >= 11 is 7.93. The lowest BCUT2D eigenvalue weighted by Crippen LogP contribution is -2.22. The Morgan fingerprint density at radius 3 is 2.43 bits per heavy atom. The van der Waals surface area contributed by atoms with Gasteiger partial charge in [-0.3, -0.25) is 0 Å². The third kappa shape index (κ3) is 3.24. The molecule has 3 nitrogen and oxygen atoms in total. The lowest BCUT2D eigenvalue weighted by molar-refractivity contribution is 1.04. The Kier molecular flexibility index (Phi) is 4.80. The number of nitriles is 1. The standard InChI is InChI=1S/C23H19ClN3S/c1-14-8-9-18(12-20(14)24)27-15(2)10-17(11-16(27)3)19(13-25)23-26-21-6-4-5-7-22(21)28-23/h4-12,26H,1-3H3. The second kappa shape index (κ2) is 7.27. The molecule has 4 rings (SSSR count). The molecule has 0 unspecified atom stereocenters. The fraction of sp³-hybridized carbons (Fsp3) is 0.130. The highest BCUT2D eigenvalue weighted by atomic mass is 35.5. The highest BCUT2D eigenvalue weighted by molar-refractivity contribution is 8.00. The first kappa shape index (κ1) is 18.5. The minimum absolute atomic E-state index is 0.654. The van der Waals surface area contributed by atoms with Gasteiger partial charge in [0.25, 0.3) is 0 Å². The first-order valence-electron chi connectivity index (χ1n) is 8.96. The first-order valence-corrected chi connectivity index (χ1v) is 10.2. The second-order valence-corrected chi connectivity index (χ2v) is 8.29. The lowest BCUT2D eigenvalue weighted by Gasteiger charge is -2.30. The van der Waals surface area contributed by atoms with Crippen LogP contribution in [0.5, 0.6) is 0 Å². The van der Waals surface area contributed by atoms with E-state index in [4.69, 9.17) is 11.6 Å². The monoisotopic (exact) mass is 404 g/mol. The summed E-state index contributed by atoms with van der Waals surface area (Å²) in [6, 6.07) is 16.6. The van der Waals surface area contributed by atoms with E-state index in [1.54, 1.807) is 11.4 Å². The van der Waals surface area contributed by atoms with Crippen LogP contribution in [0, 0.1) is 18.3 Å². The smallest absolute Gasteiger partial charge is 0.112 e. The quantitative estimate of drug-likeness (QED) is 0.355. The van der Waals surface area contributed by atoms with Gasteiger partial charge in [-0.25, -0.2) is 0 Å². The Hall–Kier alpha value is -2.87. The van der Waals surface area contributed by atoms with E-state index in [0.29, 0.717) is 5.57 Å². The van der Waals surface area contributed by atoms with Crippen molar-refractivity contribution in [3.63, 3.8) is 0 Å². The summed E-state index contributed by atoms with van der Waals surface area (Å²) in [6.07, 6.45) is 4.11. The van der Waals surface area contributed by atoms with Crippen LogP contribution < -0.4 is 10.2 Å². The molecule has 1 radical (unpaired) electrons. The maximum Gasteiger partial charge on any atom is 0.112 e. The third-order valence-corrected chi connectivity index (χ3v) is 6.32. The van der Waals surface area contributed by atoms with E-state index in [-0.39, 0.29) is 0 Å². The van der Waals surface area contributed by atoms with Crippen LogP contribution in [-0.2, 0) is 0 Å². The number of hydrogen-bond donors (Lipinski definition) is 1. The van der Waals surface area contributed by atoms with E-state index in [1.807, 2.05) is 51.1 Å². The van der Waals surface area contributed by atoms with Crippen LogP contribution in [0.3, 0.4) is 0 Å². The normalized spacial score (nSPS) is 15.2. The summed E-state index contributed by atoms with van der Waals surface area (Å²) in [5, 5.41) is 14.0. The van der Waals surface area contributed by atoms with Crippen molar-refractivity contribution in [2.45, 2.75) is 25.7 Å². The molecule has 2 aromatic rings. The zero-order valence-corrected chi connectivity index (χ0v) is 17.4. The predicted molar refractivity (Wildman–Crippen MR) is 120 cm³/mol. The lowest BCUT2D eigenvalue weighted by atomic mass is 10.0. The van der Waals surface area contributed by atoms with E-state index in [9.17, 15) is 5.26 Å². The minimum Gasteiger partial charge on any atom is -0.345 e. The van der Waals surface area contributed by atoms with Gasteiger partial charge in [-0.1, -0.05) is 29.8 Å². The molecule has 139 valence electrons. The van der Waals surface area contributed by atoms with Gasteiger partial charge in [0.1, 0.15) is 11.1 Å². The van der Waals surface area contributed by atoms with Crippen molar-refractivity contribution in [2.24, 2.45) is 0 Å². The predicted octanol–water partition coefficient (Wildman–Crippen LogP) is 6.44. The zero-order chi connectivity index (χ0) is 19.8. The highest BCUT2D eigenvalue weighted by Gasteiger charge is 2.22. The van der Waals surface area contributed by atoms with Crippen LogP contribution in [-0.4, -0.2) is 4.99 Å². The van der Waals surface area contributed by atoms with Crippen molar-refractivity contribution >= 4 is 39.3 Å². The Balaban J connectivity index is 1.73. The van der Waals surface area contributed by atoms with Crippen molar-refractivity contribution < 1.29 is 0 Å². The molecule has 2 aliphatic rings. The molecule has 2 heterocycles. The molecule has 2 aromatic carbocycles. The molecule has 28 heavy (non-hydrogen) atoms. The number of hydrogen-bond acceptors (Lipinski definition) is 3. The van der Waals surface area contributed by atoms with Crippen LogP contribution in [0.1, 0.15) is 19.4 Å². The summed E-state index contributed by atoms with van der Waals surface area (Å²) in [7, 11) is 0. The molecular formula is C23H19ClN3S. The number of aryl methyl sites for hydroxylation is 1. The van der Waals surface area contributed by atoms with Gasteiger partial charge in [-0.05, 0) is 68.3 Å². The number of fused-ring (bicyclic) bond motifs is 1. The number of anilines is 2. The molecule has 0 aromatic heterocycles. The van der Waals surface area contributed by atoms with Gasteiger partial charge in [0.15, 0.2) is 0 Å². The number of halogens is 1. The fourth-order valence-corrected chi connectivity index (χ4v) is 4.65. The topological polar surface area (TPSA) is 39.1 Å². The third-order valence-electron chi connectivity index (χ3n) is 4.82. The van der Waals surface area contributed by atoms with Crippen molar-refractivity contribution in [2.75, 3.05) is 10.2 Å². The van der Waals surface area contributed by atoms with E-state index in [1.165, 1.54) is 0 Å². The SMILES string of the molecule is CC1=CC(=C(C#N)C2=[S]c3ccccc3N2)C=C(C)N1c1ccc(C)c(Cl)c1. The zero-order valence-electron chi connectivity index (χ0n) is 15.9. The van der Waals surface area contributed by atoms with Crippen LogP contribution in [0.25, 0.3) is 0 Å². The van der Waals surface area contributed by atoms with E-state index in [2.05, 4.69) is 40.6 Å². The van der Waals surface area contributed by atoms with Gasteiger partial charge in [-0.15, -0.1) is 11.4 Å². The number of benzene rings is 2. The number of para-hydroxylation sites is 1. The molecule has 0 atom stereocenters. The summed E-state index contributed by atoms with van der Waals surface area (Å²) in [4.78, 5) is 4.16. The molecular weight excluding hydrogens is 386 g/mol. The number of rotatable bonds is 2. The maximum atomic E-state index is 9.87. The molecule has 2 aliphatic heterocycles. The summed E-state index contributed by atoms with van der Waals surface area (Å²) in [5.41, 5.74) is 6.77. The highest BCUT2D eigenvalue weighted by Crippen LogP contribution is 2.35. The van der Waals surface area contributed by atoms with Gasteiger partial charge in [0.2, 0.25) is 0 Å². The van der Waals surface area contributed by atoms with Gasteiger partial charge >= 0.3 is 0 Å². The average Bonchev–Trinajstić information content (AvgIpc) is 3.08. The number of nitrogens with one attached hydrogen (secondary N) is 1. The summed E-state index contributed by atoms with van der Waals surface area (Å²) in [5.74, 6) is 0. The van der Waals surface area contributed by atoms with Gasteiger partial charge in [0, 0.05) is 22.1 Å². The molecule has 0 spiro atoms. The van der Waals surface area contributed by atoms with Crippen molar-refractivity contribution in [1.29, 1.82) is 5.26 Å². The second-order valence-electron chi connectivity index (χ2n) is 6.83. The Morgan fingerprint density at radius 2 is 1.79 bits per heavy atom. The Morgan fingerprint density at radius 1 is 1.07 bits per heavy atom. The van der Waals surface area contributed by atoms with Gasteiger partial charge < -0.3 is 10.2 Å². The molecule has 0 aliphatic carbocycles. The van der Waals surface area contributed by atoms with Gasteiger partial charge in [0.05, 0.1) is 16.2 Å². The van der Waals surface area contributed by atoms with Gasteiger partial charge in [-0.2, -0.15) is 5.26 Å². The summed E-state index contributed by atoms with van der Waals surface area (Å²) < 4.78 is 0. The molecule has 0 bridgehead atoms. The Bertz CT molecular complexity index is 1130. The number of allylic oxidation sites excluding steroid dienone is 5. The molecule has 5 heteroatoms. The van der Waals surface area contributed by atoms with Crippen molar-refractivity contribution in [3.8, 4) is 6.07 Å². The van der Waals surface area contributed by atoms with Crippen LogP contribution in [0.15, 0.2) is 82.1 Å². The van der Waals surface area contributed by atoms with Crippen LogP contribution in [0.4, 0.5) is 11.4 Å². The minimum atomic E-state index is 0.654. The van der Waals surface area contributed by atoms with Crippen LogP contribution in [0.2, 0.25) is 5.02 Å². The fourth-order valence-electron chi connectivity index (χ4n) is 3.45. The molecule has 1 N–H and O–H groups in total. The van der Waals surface area contributed by atoms with Crippen LogP contribution >= 0.6 is 23.0 Å². The first-order chi connectivity index (χ1) is 13.5. The molecule has 0 saturated carbocycles. The largest absolute Gasteiger partial charge is 0.345 e. The summed E-state index contributed by atoms with van der Waals surface area (Å²) in [6.45, 7) is 6.09. The van der Waals surface area contributed by atoms with E-state index < -0.39 is 0 Å². The van der Waals surface area contributed by atoms with E-state index in [0.717, 1.165) is 48.8 Å².